The molecule has 0 amide bonds. The summed E-state index contributed by atoms with van der Waals surface area (Å²) in [5.41, 5.74) is 0.429. The summed E-state index contributed by atoms with van der Waals surface area (Å²) >= 11 is 0. The molecule has 1 unspecified atom stereocenters. The molecule has 0 saturated carbocycles. The maximum atomic E-state index is 14.3. The molecule has 2 aromatic heterocycles. The summed E-state index contributed by atoms with van der Waals surface area (Å²) in [5.74, 6) is -1.40. The number of hydrogen-bond acceptors (Lipinski definition) is 5. The predicted molar refractivity (Wildman–Crippen MR) is 95.2 cm³/mol. The molecule has 3 aromatic rings. The molecule has 1 aromatic carbocycles. The summed E-state index contributed by atoms with van der Waals surface area (Å²) in [6.07, 6.45) is 3.06. The van der Waals surface area contributed by atoms with Gasteiger partial charge in [-0.15, -0.1) is 5.10 Å². The number of hydrogen-bond donors (Lipinski definition) is 2. The van der Waals surface area contributed by atoms with Crippen LogP contribution in [0.1, 0.15) is 34.8 Å². The summed E-state index contributed by atoms with van der Waals surface area (Å²) < 4.78 is 29.3. The van der Waals surface area contributed by atoms with E-state index in [4.69, 9.17) is 0 Å². The number of benzene rings is 1. The Morgan fingerprint density at radius 2 is 2.15 bits per heavy atom. The zero-order valence-electron chi connectivity index (χ0n) is 14.5. The molecule has 0 spiro atoms. The summed E-state index contributed by atoms with van der Waals surface area (Å²) in [7, 11) is 1.58. The minimum atomic E-state index is -1.15. The number of fused-ring (bicyclic) bond motifs is 1. The molecule has 1 aliphatic rings. The van der Waals surface area contributed by atoms with Gasteiger partial charge in [0.15, 0.2) is 11.5 Å². The van der Waals surface area contributed by atoms with Crippen molar-refractivity contribution in [3.05, 3.63) is 53.2 Å². The lowest BCUT2D eigenvalue weighted by Crippen LogP contribution is -2.24. The summed E-state index contributed by atoms with van der Waals surface area (Å²) in [5, 5.41) is 16.4. The minimum absolute atomic E-state index is 0.0352. The third-order valence-corrected chi connectivity index (χ3v) is 4.79. The molecule has 4 rings (SSSR count). The number of anilines is 2. The second-order valence-corrected chi connectivity index (χ2v) is 6.35. The van der Waals surface area contributed by atoms with Gasteiger partial charge >= 0.3 is 5.97 Å². The number of rotatable bonds is 4. The van der Waals surface area contributed by atoms with Crippen LogP contribution in [-0.2, 0) is 0 Å². The van der Waals surface area contributed by atoms with E-state index in [2.05, 4.69) is 15.4 Å². The van der Waals surface area contributed by atoms with Gasteiger partial charge in [-0.1, -0.05) is 0 Å². The van der Waals surface area contributed by atoms with Crippen LogP contribution in [0, 0.1) is 11.6 Å². The highest BCUT2D eigenvalue weighted by Gasteiger charge is 2.30. The van der Waals surface area contributed by atoms with Crippen molar-refractivity contribution < 1.29 is 18.7 Å². The van der Waals surface area contributed by atoms with Gasteiger partial charge in [-0.05, 0) is 37.1 Å². The Hall–Kier alpha value is -3.23. The zero-order chi connectivity index (χ0) is 19.1. The molecule has 0 bridgehead atoms. The normalized spacial score (nSPS) is 16.9. The first-order valence-corrected chi connectivity index (χ1v) is 8.51. The van der Waals surface area contributed by atoms with Crippen molar-refractivity contribution in [2.75, 3.05) is 23.8 Å². The van der Waals surface area contributed by atoms with Crippen molar-refractivity contribution in [3.63, 3.8) is 0 Å². The molecule has 2 N–H and O–H groups in total. The number of aromatic nitrogens is 3. The van der Waals surface area contributed by atoms with E-state index < -0.39 is 17.6 Å². The maximum Gasteiger partial charge on any atom is 0.343 e. The molecule has 140 valence electrons. The predicted octanol–water partition coefficient (Wildman–Crippen LogP) is 3.09. The lowest BCUT2D eigenvalue weighted by Gasteiger charge is -2.26. The molecule has 0 radical (unpaired) electrons. The minimum Gasteiger partial charge on any atom is -0.477 e. The Kier molecular flexibility index (Phi) is 4.14. The first-order chi connectivity index (χ1) is 13.0. The molecule has 9 heteroatoms. The third kappa shape index (κ3) is 2.84. The van der Waals surface area contributed by atoms with Crippen LogP contribution in [-0.4, -0.2) is 39.3 Å². The number of halogens is 2. The van der Waals surface area contributed by atoms with Crippen LogP contribution >= 0.6 is 0 Å². The summed E-state index contributed by atoms with van der Waals surface area (Å²) in [6.45, 7) is 0.610. The van der Waals surface area contributed by atoms with Gasteiger partial charge < -0.3 is 15.3 Å². The molecule has 1 atom stereocenters. The monoisotopic (exact) mass is 373 g/mol. The highest BCUT2D eigenvalue weighted by atomic mass is 19.1. The van der Waals surface area contributed by atoms with Gasteiger partial charge in [-0.3, -0.25) is 0 Å². The first kappa shape index (κ1) is 17.2. The second kappa shape index (κ2) is 6.49. The van der Waals surface area contributed by atoms with E-state index in [9.17, 15) is 18.7 Å². The first-order valence-electron chi connectivity index (χ1n) is 8.51. The van der Waals surface area contributed by atoms with Gasteiger partial charge in [-0.25, -0.2) is 23.1 Å². The lowest BCUT2D eigenvalue weighted by molar-refractivity contribution is 0.0700. The van der Waals surface area contributed by atoms with Crippen LogP contribution in [0.15, 0.2) is 30.5 Å². The fourth-order valence-corrected chi connectivity index (χ4v) is 3.59. The molecular weight excluding hydrogens is 356 g/mol. The number of carboxylic acid groups (broad SMARTS) is 1. The number of nitrogens with zero attached hydrogens (tertiary/aromatic N) is 4. The van der Waals surface area contributed by atoms with Crippen LogP contribution in [0.4, 0.5) is 20.4 Å². The highest BCUT2D eigenvalue weighted by Crippen LogP contribution is 2.37. The van der Waals surface area contributed by atoms with E-state index in [0.717, 1.165) is 18.6 Å². The van der Waals surface area contributed by atoms with Gasteiger partial charge in [-0.2, -0.15) is 0 Å². The Balaban J connectivity index is 1.80. The van der Waals surface area contributed by atoms with Crippen LogP contribution in [0.25, 0.3) is 5.65 Å². The molecule has 3 heterocycles. The van der Waals surface area contributed by atoms with E-state index in [0.29, 0.717) is 18.8 Å². The number of nitrogens with one attached hydrogen (secondary N) is 1. The van der Waals surface area contributed by atoms with Crippen molar-refractivity contribution in [3.8, 4) is 0 Å². The van der Waals surface area contributed by atoms with Gasteiger partial charge in [0.2, 0.25) is 0 Å². The fourth-order valence-electron chi connectivity index (χ4n) is 3.59. The van der Waals surface area contributed by atoms with Crippen LogP contribution in [0.5, 0.6) is 0 Å². The SMILES string of the molecule is CNc1nn2ccc(N3CCCC3c3cc(F)ccc3F)nc2c1C(=O)O. The van der Waals surface area contributed by atoms with Crippen LogP contribution < -0.4 is 10.2 Å². The number of carbonyl (C=O) groups is 1. The number of carboxylic acids is 1. The summed E-state index contributed by atoms with van der Waals surface area (Å²) in [4.78, 5) is 18.0. The lowest BCUT2D eigenvalue weighted by atomic mass is 10.0. The van der Waals surface area contributed by atoms with E-state index in [1.54, 1.807) is 19.3 Å². The molecular formula is C18H17F2N5O2. The quantitative estimate of drug-likeness (QED) is 0.731. The fraction of sp³-hybridized carbons (Fsp3) is 0.278. The average molecular weight is 373 g/mol. The maximum absolute atomic E-state index is 14.3. The smallest absolute Gasteiger partial charge is 0.343 e. The van der Waals surface area contributed by atoms with Crippen LogP contribution in [0.2, 0.25) is 0 Å². The van der Waals surface area contributed by atoms with Gasteiger partial charge in [0.1, 0.15) is 23.0 Å². The van der Waals surface area contributed by atoms with E-state index >= 15 is 0 Å². The van der Waals surface area contributed by atoms with Crippen molar-refractivity contribution >= 4 is 23.3 Å². The second-order valence-electron chi connectivity index (χ2n) is 6.35. The Morgan fingerprint density at radius 3 is 2.89 bits per heavy atom. The molecule has 0 aliphatic carbocycles. The van der Waals surface area contributed by atoms with E-state index in [1.807, 2.05) is 4.90 Å². The number of aromatic carboxylic acids is 1. The van der Waals surface area contributed by atoms with Crippen molar-refractivity contribution in [1.29, 1.82) is 0 Å². The van der Waals surface area contributed by atoms with E-state index in [-0.39, 0.29) is 28.6 Å². The van der Waals surface area contributed by atoms with Crippen molar-refractivity contribution in [2.24, 2.45) is 0 Å². The zero-order valence-corrected chi connectivity index (χ0v) is 14.5. The third-order valence-electron chi connectivity index (χ3n) is 4.79. The largest absolute Gasteiger partial charge is 0.477 e. The van der Waals surface area contributed by atoms with Crippen molar-refractivity contribution in [2.45, 2.75) is 18.9 Å². The molecule has 1 saturated heterocycles. The van der Waals surface area contributed by atoms with E-state index in [1.165, 1.54) is 10.6 Å². The Bertz CT molecular complexity index is 1040. The van der Waals surface area contributed by atoms with Gasteiger partial charge in [0.25, 0.3) is 0 Å². The highest BCUT2D eigenvalue weighted by molar-refractivity contribution is 6.00. The topological polar surface area (TPSA) is 82.8 Å². The Morgan fingerprint density at radius 1 is 1.33 bits per heavy atom. The standard InChI is InChI=1S/C18H17F2N5O2/c1-21-16-15(18(26)27)17-22-14(6-8-25(17)23-16)24-7-2-3-13(24)11-9-10(19)4-5-12(11)20/h4-6,8-9,13H,2-3,7H2,1H3,(H,21,23)(H,26,27). The molecule has 27 heavy (non-hydrogen) atoms. The summed E-state index contributed by atoms with van der Waals surface area (Å²) in [6, 6.07) is 4.75. The molecule has 1 fully saturated rings. The van der Waals surface area contributed by atoms with Crippen molar-refractivity contribution in [1.82, 2.24) is 14.6 Å². The molecule has 1 aliphatic heterocycles. The average Bonchev–Trinajstić information content (AvgIpc) is 3.27. The Labute approximate surface area is 153 Å². The van der Waals surface area contributed by atoms with Crippen LogP contribution in [0.3, 0.4) is 0 Å². The van der Waals surface area contributed by atoms with Gasteiger partial charge in [0, 0.05) is 25.4 Å². The molecule has 7 nitrogen and oxygen atoms in total. The van der Waals surface area contributed by atoms with Gasteiger partial charge in [0.05, 0.1) is 6.04 Å².